The van der Waals surface area contributed by atoms with Crippen LogP contribution in [0.25, 0.3) is 22.2 Å². The third kappa shape index (κ3) is 3.64. The minimum atomic E-state index is -0.607. The molecule has 0 atom stereocenters. The van der Waals surface area contributed by atoms with Gasteiger partial charge in [0.05, 0.1) is 25.2 Å². The van der Waals surface area contributed by atoms with E-state index in [1.165, 1.54) is 32.9 Å². The standard InChI is InChI=1S/C24H23N5O5/c1-28-21-19(23(31)29(2)24(28)32)17(13-10-11-15(33-3)16(12-13)34-4)18(20(25)27-21)22(30)26-14-8-6-5-7-9-14/h5-12H,1-4H3,(H2,25,27)(H,26,30). The summed E-state index contributed by atoms with van der Waals surface area (Å²) in [6.07, 6.45) is 0. The lowest BCUT2D eigenvalue weighted by Gasteiger charge is -2.18. The van der Waals surface area contributed by atoms with Gasteiger partial charge in [0.25, 0.3) is 11.5 Å². The van der Waals surface area contributed by atoms with Gasteiger partial charge in [-0.05, 0) is 29.8 Å². The van der Waals surface area contributed by atoms with Gasteiger partial charge in [0.1, 0.15) is 5.82 Å². The van der Waals surface area contributed by atoms with Crippen molar-refractivity contribution >= 4 is 28.4 Å². The predicted octanol–water partition coefficient (Wildman–Crippen LogP) is 2.15. The van der Waals surface area contributed by atoms with E-state index < -0.39 is 17.2 Å². The summed E-state index contributed by atoms with van der Waals surface area (Å²) in [5.41, 5.74) is 6.38. The Labute approximate surface area is 194 Å². The molecule has 0 radical (unpaired) electrons. The van der Waals surface area contributed by atoms with E-state index in [0.717, 1.165) is 4.57 Å². The monoisotopic (exact) mass is 461 g/mol. The highest BCUT2D eigenvalue weighted by Gasteiger charge is 2.26. The number of nitrogen functional groups attached to an aromatic ring is 1. The van der Waals surface area contributed by atoms with E-state index in [4.69, 9.17) is 15.2 Å². The van der Waals surface area contributed by atoms with Crippen molar-refractivity contribution in [3.05, 3.63) is 74.9 Å². The summed E-state index contributed by atoms with van der Waals surface area (Å²) < 4.78 is 12.9. The molecule has 4 rings (SSSR count). The molecule has 2 aromatic carbocycles. The van der Waals surface area contributed by atoms with Gasteiger partial charge >= 0.3 is 5.69 Å². The Bertz CT molecular complexity index is 1540. The van der Waals surface area contributed by atoms with E-state index in [-0.39, 0.29) is 28.0 Å². The topological polar surface area (TPSA) is 130 Å². The molecule has 1 amide bonds. The average molecular weight is 461 g/mol. The zero-order valence-corrected chi connectivity index (χ0v) is 19.1. The number of aryl methyl sites for hydroxylation is 1. The van der Waals surface area contributed by atoms with Gasteiger partial charge in [-0.25, -0.2) is 9.78 Å². The van der Waals surface area contributed by atoms with Gasteiger partial charge in [0.2, 0.25) is 0 Å². The van der Waals surface area contributed by atoms with Crippen LogP contribution < -0.4 is 31.8 Å². The number of pyridine rings is 1. The van der Waals surface area contributed by atoms with Crippen molar-refractivity contribution in [1.29, 1.82) is 0 Å². The summed E-state index contributed by atoms with van der Waals surface area (Å²) in [7, 11) is 5.83. The van der Waals surface area contributed by atoms with Gasteiger partial charge < -0.3 is 20.5 Å². The zero-order chi connectivity index (χ0) is 24.6. The summed E-state index contributed by atoms with van der Waals surface area (Å²) in [5.74, 6) is 0.167. The second-order valence-electron chi connectivity index (χ2n) is 7.54. The Morgan fingerprint density at radius 1 is 0.971 bits per heavy atom. The van der Waals surface area contributed by atoms with Crippen LogP contribution in [0.3, 0.4) is 0 Å². The van der Waals surface area contributed by atoms with Gasteiger partial charge in [0, 0.05) is 25.3 Å². The number of carbonyl (C=O) groups excluding carboxylic acids is 1. The molecule has 0 unspecified atom stereocenters. The fraction of sp³-hybridized carbons (Fsp3) is 0.167. The summed E-state index contributed by atoms with van der Waals surface area (Å²) in [4.78, 5) is 43.5. The Morgan fingerprint density at radius 3 is 2.29 bits per heavy atom. The van der Waals surface area contributed by atoms with Crippen molar-refractivity contribution in [2.45, 2.75) is 0 Å². The molecule has 0 aliphatic heterocycles. The first-order valence-electron chi connectivity index (χ1n) is 10.3. The second-order valence-corrected chi connectivity index (χ2v) is 7.54. The number of anilines is 2. The first kappa shape index (κ1) is 22.6. The van der Waals surface area contributed by atoms with Crippen LogP contribution in [0.1, 0.15) is 10.4 Å². The number of nitrogens with two attached hydrogens (primary N) is 1. The summed E-state index contributed by atoms with van der Waals surface area (Å²) in [6, 6.07) is 13.8. The highest BCUT2D eigenvalue weighted by molar-refractivity contribution is 6.16. The molecule has 0 saturated heterocycles. The van der Waals surface area contributed by atoms with Crippen LogP contribution >= 0.6 is 0 Å². The number of rotatable bonds is 5. The number of para-hydroxylation sites is 1. The molecule has 2 aromatic heterocycles. The van der Waals surface area contributed by atoms with E-state index >= 15 is 0 Å². The lowest BCUT2D eigenvalue weighted by Crippen LogP contribution is -2.38. The van der Waals surface area contributed by atoms with E-state index in [9.17, 15) is 14.4 Å². The van der Waals surface area contributed by atoms with Crippen molar-refractivity contribution < 1.29 is 14.3 Å². The molecule has 0 aliphatic rings. The summed E-state index contributed by atoms with van der Waals surface area (Å²) in [6.45, 7) is 0. The molecule has 10 nitrogen and oxygen atoms in total. The van der Waals surface area contributed by atoms with E-state index in [2.05, 4.69) is 10.3 Å². The van der Waals surface area contributed by atoms with Crippen LogP contribution in [-0.2, 0) is 14.1 Å². The van der Waals surface area contributed by atoms with Crippen LogP contribution in [0.4, 0.5) is 11.5 Å². The van der Waals surface area contributed by atoms with Crippen molar-refractivity contribution in [3.8, 4) is 22.6 Å². The smallest absolute Gasteiger partial charge is 0.332 e. The average Bonchev–Trinajstić information content (AvgIpc) is 2.85. The van der Waals surface area contributed by atoms with Gasteiger partial charge in [0.15, 0.2) is 17.1 Å². The number of nitrogens with one attached hydrogen (secondary N) is 1. The van der Waals surface area contributed by atoms with Crippen molar-refractivity contribution in [2.24, 2.45) is 14.1 Å². The van der Waals surface area contributed by atoms with Crippen molar-refractivity contribution in [1.82, 2.24) is 14.1 Å². The maximum Gasteiger partial charge on any atom is 0.332 e. The molecule has 3 N–H and O–H groups in total. The number of carbonyl (C=O) groups is 1. The number of hydrogen-bond acceptors (Lipinski definition) is 7. The number of nitrogens with zero attached hydrogens (tertiary/aromatic N) is 3. The Morgan fingerprint density at radius 2 is 1.65 bits per heavy atom. The molecule has 0 saturated carbocycles. The molecule has 34 heavy (non-hydrogen) atoms. The third-order valence-electron chi connectivity index (χ3n) is 5.55. The van der Waals surface area contributed by atoms with E-state index in [1.807, 2.05) is 6.07 Å². The first-order chi connectivity index (χ1) is 16.3. The highest BCUT2D eigenvalue weighted by atomic mass is 16.5. The molecule has 174 valence electrons. The molecular formula is C24H23N5O5. The van der Waals surface area contributed by atoms with Gasteiger partial charge in [-0.2, -0.15) is 0 Å². The number of methoxy groups -OCH3 is 2. The Balaban J connectivity index is 2.12. The molecule has 0 aliphatic carbocycles. The normalized spacial score (nSPS) is 10.8. The largest absolute Gasteiger partial charge is 0.493 e. The molecule has 4 aromatic rings. The zero-order valence-electron chi connectivity index (χ0n) is 19.1. The van der Waals surface area contributed by atoms with Crippen LogP contribution in [0.5, 0.6) is 11.5 Å². The minimum Gasteiger partial charge on any atom is -0.493 e. The summed E-state index contributed by atoms with van der Waals surface area (Å²) in [5, 5.41) is 2.87. The van der Waals surface area contributed by atoms with Gasteiger partial charge in [-0.1, -0.05) is 24.3 Å². The van der Waals surface area contributed by atoms with Crippen LogP contribution in [-0.4, -0.2) is 34.2 Å². The summed E-state index contributed by atoms with van der Waals surface area (Å²) >= 11 is 0. The highest BCUT2D eigenvalue weighted by Crippen LogP contribution is 2.37. The molecule has 0 fully saturated rings. The SMILES string of the molecule is COc1ccc(-c2c(C(=O)Nc3ccccc3)c(N)nc3c2c(=O)n(C)c(=O)n3C)cc1OC. The fourth-order valence-electron chi connectivity index (χ4n) is 3.83. The molecular weight excluding hydrogens is 438 g/mol. The number of fused-ring (bicyclic) bond motifs is 1. The quantitative estimate of drug-likeness (QED) is 0.466. The number of hydrogen-bond donors (Lipinski definition) is 2. The molecule has 0 bridgehead atoms. The third-order valence-corrected chi connectivity index (χ3v) is 5.55. The lowest BCUT2D eigenvalue weighted by molar-refractivity contribution is 0.102. The number of ether oxygens (including phenoxy) is 2. The first-order valence-corrected chi connectivity index (χ1v) is 10.3. The number of amides is 1. The molecule has 10 heteroatoms. The van der Waals surface area contributed by atoms with Crippen LogP contribution in [0.15, 0.2) is 58.1 Å². The van der Waals surface area contributed by atoms with E-state index in [0.29, 0.717) is 22.7 Å². The van der Waals surface area contributed by atoms with Crippen molar-refractivity contribution in [3.63, 3.8) is 0 Å². The minimum absolute atomic E-state index is 0.000628. The number of benzene rings is 2. The molecule has 2 heterocycles. The van der Waals surface area contributed by atoms with Gasteiger partial charge in [-0.3, -0.25) is 18.7 Å². The van der Waals surface area contributed by atoms with Crippen molar-refractivity contribution in [2.75, 3.05) is 25.3 Å². The Hall–Kier alpha value is -4.60. The predicted molar refractivity (Wildman–Crippen MR) is 130 cm³/mol. The molecule has 0 spiro atoms. The maximum absolute atomic E-state index is 13.4. The maximum atomic E-state index is 13.4. The number of aromatic nitrogens is 3. The van der Waals surface area contributed by atoms with Gasteiger partial charge in [-0.15, -0.1) is 0 Å². The second kappa shape index (κ2) is 8.74. The Kier molecular flexibility index (Phi) is 5.80. The van der Waals surface area contributed by atoms with Crippen LogP contribution in [0, 0.1) is 0 Å². The van der Waals surface area contributed by atoms with Crippen LogP contribution in [0.2, 0.25) is 0 Å². The fourth-order valence-corrected chi connectivity index (χ4v) is 3.83. The lowest BCUT2D eigenvalue weighted by atomic mass is 9.96. The van der Waals surface area contributed by atoms with E-state index in [1.54, 1.807) is 42.5 Å².